The summed E-state index contributed by atoms with van der Waals surface area (Å²) in [4.78, 5) is 12.4. The van der Waals surface area contributed by atoms with Crippen LogP contribution in [-0.4, -0.2) is 39.6 Å². The van der Waals surface area contributed by atoms with Gasteiger partial charge in [0.2, 0.25) is 5.91 Å². The van der Waals surface area contributed by atoms with Crippen molar-refractivity contribution in [2.24, 2.45) is 0 Å². The third kappa shape index (κ3) is 5.38. The molecule has 32 heavy (non-hydrogen) atoms. The van der Waals surface area contributed by atoms with E-state index in [4.69, 9.17) is 14.2 Å². The molecule has 4 rings (SSSR count). The number of nitrogens with one attached hydrogen (secondary N) is 1. The Morgan fingerprint density at radius 1 is 1.19 bits per heavy atom. The second-order valence-electron chi connectivity index (χ2n) is 6.74. The highest BCUT2D eigenvalue weighted by Crippen LogP contribution is 2.32. The Morgan fingerprint density at radius 3 is 2.75 bits per heavy atom. The molecule has 2 heterocycles. The van der Waals surface area contributed by atoms with Crippen molar-refractivity contribution < 1.29 is 23.4 Å². The number of benzene rings is 2. The van der Waals surface area contributed by atoms with E-state index in [1.54, 1.807) is 36.4 Å². The number of amides is 1. The van der Waals surface area contributed by atoms with E-state index in [0.717, 1.165) is 0 Å². The monoisotopic (exact) mass is 456 g/mol. The number of carbonyl (C=O) groups excluding carboxylic acids is 1. The number of ether oxygens (including phenoxy) is 3. The lowest BCUT2D eigenvalue weighted by molar-refractivity contribution is -0.113. The summed E-state index contributed by atoms with van der Waals surface area (Å²) in [7, 11) is 0. The zero-order valence-corrected chi connectivity index (χ0v) is 17.9. The first kappa shape index (κ1) is 21.7. The summed E-state index contributed by atoms with van der Waals surface area (Å²) < 4.78 is 31.5. The van der Waals surface area contributed by atoms with Crippen LogP contribution in [0.2, 0.25) is 0 Å². The number of carbonyl (C=O) groups is 1. The number of anilines is 1. The molecular weight excluding hydrogens is 435 g/mol. The minimum Gasteiger partial charge on any atom is -0.486 e. The Morgan fingerprint density at radius 2 is 1.97 bits per heavy atom. The minimum absolute atomic E-state index is 0.141. The van der Waals surface area contributed by atoms with E-state index in [-0.39, 0.29) is 24.1 Å². The van der Waals surface area contributed by atoms with Gasteiger partial charge in [-0.05, 0) is 36.4 Å². The number of rotatable bonds is 9. The molecule has 0 unspecified atom stereocenters. The van der Waals surface area contributed by atoms with Crippen molar-refractivity contribution in [2.75, 3.05) is 24.3 Å². The van der Waals surface area contributed by atoms with Gasteiger partial charge in [0.15, 0.2) is 22.5 Å². The van der Waals surface area contributed by atoms with Crippen LogP contribution in [0.4, 0.5) is 10.1 Å². The van der Waals surface area contributed by atoms with Crippen LogP contribution in [0.3, 0.4) is 0 Å². The van der Waals surface area contributed by atoms with Gasteiger partial charge in [-0.3, -0.25) is 9.36 Å². The van der Waals surface area contributed by atoms with E-state index in [9.17, 15) is 9.18 Å². The van der Waals surface area contributed by atoms with Crippen LogP contribution in [0.25, 0.3) is 0 Å². The van der Waals surface area contributed by atoms with Gasteiger partial charge in [0.05, 0.1) is 5.75 Å². The van der Waals surface area contributed by atoms with Gasteiger partial charge in [0, 0.05) is 18.3 Å². The van der Waals surface area contributed by atoms with Gasteiger partial charge < -0.3 is 19.5 Å². The molecule has 0 aliphatic carbocycles. The van der Waals surface area contributed by atoms with Gasteiger partial charge in [0.1, 0.15) is 31.4 Å². The van der Waals surface area contributed by atoms with E-state index >= 15 is 0 Å². The Balaban J connectivity index is 1.35. The maximum absolute atomic E-state index is 13.0. The number of hydrogen-bond acceptors (Lipinski definition) is 7. The molecule has 1 amide bonds. The molecule has 0 bridgehead atoms. The Labute approximate surface area is 188 Å². The van der Waals surface area contributed by atoms with Crippen molar-refractivity contribution in [1.29, 1.82) is 0 Å². The smallest absolute Gasteiger partial charge is 0.234 e. The number of nitrogens with zero attached hydrogens (tertiary/aromatic N) is 3. The number of aromatic nitrogens is 3. The van der Waals surface area contributed by atoms with Crippen LogP contribution in [0.1, 0.15) is 5.82 Å². The van der Waals surface area contributed by atoms with Crippen molar-refractivity contribution in [2.45, 2.75) is 18.3 Å². The van der Waals surface area contributed by atoms with Crippen LogP contribution in [0.15, 0.2) is 60.3 Å². The summed E-state index contributed by atoms with van der Waals surface area (Å²) in [5.74, 6) is 1.98. The SMILES string of the molecule is C=CCn1c(COc2ccc(F)cc2)nnc1SCC(=O)Nc1ccc2c(c1)OCCO2. The van der Waals surface area contributed by atoms with Gasteiger partial charge in [-0.25, -0.2) is 4.39 Å². The van der Waals surface area contributed by atoms with Crippen molar-refractivity contribution in [3.63, 3.8) is 0 Å². The van der Waals surface area contributed by atoms with Crippen LogP contribution in [-0.2, 0) is 17.9 Å². The number of fused-ring (bicyclic) bond motifs is 1. The number of hydrogen-bond donors (Lipinski definition) is 1. The summed E-state index contributed by atoms with van der Waals surface area (Å²) in [6, 6.07) is 11.0. The molecule has 1 aliphatic rings. The number of allylic oxidation sites excluding steroid dienone is 1. The Hall–Kier alpha value is -3.53. The van der Waals surface area contributed by atoms with Gasteiger partial charge in [-0.1, -0.05) is 17.8 Å². The fourth-order valence-electron chi connectivity index (χ4n) is 2.97. The average Bonchev–Trinajstić information content (AvgIpc) is 3.19. The molecular formula is C22H21FN4O4S. The zero-order valence-electron chi connectivity index (χ0n) is 17.1. The minimum atomic E-state index is -0.333. The second-order valence-corrected chi connectivity index (χ2v) is 7.68. The summed E-state index contributed by atoms with van der Waals surface area (Å²) >= 11 is 1.26. The number of thioether (sulfide) groups is 1. The Kier molecular flexibility index (Phi) is 6.90. The van der Waals surface area contributed by atoms with Gasteiger partial charge >= 0.3 is 0 Å². The first-order valence-electron chi connectivity index (χ1n) is 9.86. The van der Waals surface area contributed by atoms with Crippen LogP contribution in [0.5, 0.6) is 17.2 Å². The lowest BCUT2D eigenvalue weighted by atomic mass is 10.2. The van der Waals surface area contributed by atoms with Crippen LogP contribution < -0.4 is 19.5 Å². The average molecular weight is 456 g/mol. The highest BCUT2D eigenvalue weighted by atomic mass is 32.2. The van der Waals surface area contributed by atoms with Crippen molar-refractivity contribution >= 4 is 23.4 Å². The van der Waals surface area contributed by atoms with E-state index in [1.165, 1.54) is 23.9 Å². The first-order chi connectivity index (χ1) is 15.6. The maximum atomic E-state index is 13.0. The molecule has 166 valence electrons. The Bertz CT molecular complexity index is 1100. The quantitative estimate of drug-likeness (QED) is 0.388. The van der Waals surface area contributed by atoms with E-state index in [1.807, 2.05) is 4.57 Å². The molecule has 3 aromatic rings. The standard InChI is InChI=1S/C22H21FN4O4S/c1-2-9-27-20(13-31-17-6-3-15(23)4-7-17)25-26-22(27)32-14-21(28)24-16-5-8-18-19(12-16)30-11-10-29-18/h2-8,12H,1,9-11,13-14H2,(H,24,28). The lowest BCUT2D eigenvalue weighted by Crippen LogP contribution is -2.17. The topological polar surface area (TPSA) is 87.5 Å². The molecule has 0 radical (unpaired) electrons. The van der Waals surface area contributed by atoms with Crippen molar-refractivity contribution in [3.8, 4) is 17.2 Å². The van der Waals surface area contributed by atoms with Gasteiger partial charge in [0.25, 0.3) is 0 Å². The van der Waals surface area contributed by atoms with Crippen molar-refractivity contribution in [3.05, 3.63) is 66.8 Å². The van der Waals surface area contributed by atoms with Gasteiger partial charge in [-0.15, -0.1) is 16.8 Å². The summed E-state index contributed by atoms with van der Waals surface area (Å²) in [6.07, 6.45) is 1.71. The maximum Gasteiger partial charge on any atom is 0.234 e. The highest BCUT2D eigenvalue weighted by molar-refractivity contribution is 7.99. The summed E-state index contributed by atoms with van der Waals surface area (Å²) in [5, 5.41) is 11.7. The molecule has 8 nitrogen and oxygen atoms in total. The first-order valence-corrected chi connectivity index (χ1v) is 10.8. The molecule has 1 N–H and O–H groups in total. The third-order valence-electron chi connectivity index (χ3n) is 4.44. The fraction of sp³-hybridized carbons (Fsp3) is 0.227. The molecule has 1 aliphatic heterocycles. The predicted molar refractivity (Wildman–Crippen MR) is 118 cm³/mol. The largest absolute Gasteiger partial charge is 0.486 e. The fourth-order valence-corrected chi connectivity index (χ4v) is 3.74. The zero-order chi connectivity index (χ0) is 22.3. The van der Waals surface area contributed by atoms with Gasteiger partial charge in [-0.2, -0.15) is 0 Å². The molecule has 10 heteroatoms. The summed E-state index contributed by atoms with van der Waals surface area (Å²) in [6.45, 7) is 5.36. The van der Waals surface area contributed by atoms with Crippen LogP contribution in [0, 0.1) is 5.82 Å². The predicted octanol–water partition coefficient (Wildman–Crippen LogP) is 3.68. The lowest BCUT2D eigenvalue weighted by Gasteiger charge is -2.19. The second kappa shape index (κ2) is 10.2. The van der Waals surface area contributed by atoms with E-state index < -0.39 is 0 Å². The molecule has 0 atom stereocenters. The van der Waals surface area contributed by atoms with Crippen molar-refractivity contribution in [1.82, 2.24) is 14.8 Å². The molecule has 2 aromatic carbocycles. The number of halogens is 1. The molecule has 0 saturated carbocycles. The molecule has 0 spiro atoms. The highest BCUT2D eigenvalue weighted by Gasteiger charge is 2.16. The molecule has 0 saturated heterocycles. The third-order valence-corrected chi connectivity index (χ3v) is 5.41. The molecule has 1 aromatic heterocycles. The normalized spacial score (nSPS) is 12.3. The summed E-state index contributed by atoms with van der Waals surface area (Å²) in [5.41, 5.74) is 0.626. The van der Waals surface area contributed by atoms with Crippen LogP contribution >= 0.6 is 11.8 Å². The van der Waals surface area contributed by atoms with E-state index in [0.29, 0.717) is 53.7 Å². The van der Waals surface area contributed by atoms with E-state index in [2.05, 4.69) is 22.1 Å². The molecule has 0 fully saturated rings.